The van der Waals surface area contributed by atoms with E-state index in [0.717, 1.165) is 11.3 Å². The van der Waals surface area contributed by atoms with Gasteiger partial charge in [0.1, 0.15) is 5.76 Å². The van der Waals surface area contributed by atoms with Crippen LogP contribution in [0.1, 0.15) is 0 Å². The number of aromatic hydroxyl groups is 1. The first-order chi connectivity index (χ1) is 6.81. The fourth-order valence-corrected chi connectivity index (χ4v) is 1.27. The Hall–Kier alpha value is -1.90. The predicted molar refractivity (Wildman–Crippen MR) is 52.4 cm³/mol. The number of rotatable bonds is 2. The van der Waals surface area contributed by atoms with Crippen LogP contribution in [-0.2, 0) is 0 Å². The molecule has 0 amide bonds. The molecule has 3 nitrogen and oxygen atoms in total. The number of ether oxygens (including phenoxy) is 1. The van der Waals surface area contributed by atoms with Crippen LogP contribution in [0.5, 0.6) is 11.5 Å². The molecular formula is C11H10O3. The highest BCUT2D eigenvalue weighted by atomic mass is 16.5. The van der Waals surface area contributed by atoms with Gasteiger partial charge in [0.15, 0.2) is 11.5 Å². The largest absolute Gasteiger partial charge is 0.504 e. The summed E-state index contributed by atoms with van der Waals surface area (Å²) in [5.41, 5.74) is 0.879. The SMILES string of the molecule is COc1cc(-c2ccco2)ccc1O. The van der Waals surface area contributed by atoms with E-state index in [1.54, 1.807) is 24.5 Å². The molecule has 72 valence electrons. The first-order valence-corrected chi connectivity index (χ1v) is 4.22. The maximum Gasteiger partial charge on any atom is 0.161 e. The fourth-order valence-electron chi connectivity index (χ4n) is 1.27. The van der Waals surface area contributed by atoms with E-state index < -0.39 is 0 Å². The first kappa shape index (κ1) is 8.69. The number of phenols is 1. The molecule has 2 aromatic rings. The molecule has 1 aromatic carbocycles. The second-order valence-corrected chi connectivity index (χ2v) is 2.86. The van der Waals surface area contributed by atoms with Gasteiger partial charge >= 0.3 is 0 Å². The smallest absolute Gasteiger partial charge is 0.161 e. The fraction of sp³-hybridized carbons (Fsp3) is 0.0909. The van der Waals surface area contributed by atoms with E-state index in [-0.39, 0.29) is 5.75 Å². The zero-order valence-electron chi connectivity index (χ0n) is 7.73. The van der Waals surface area contributed by atoms with E-state index in [1.165, 1.54) is 7.11 Å². The maximum atomic E-state index is 9.38. The minimum atomic E-state index is 0.128. The molecule has 1 aromatic heterocycles. The Morgan fingerprint density at radius 2 is 2.14 bits per heavy atom. The molecule has 0 atom stereocenters. The summed E-state index contributed by atoms with van der Waals surface area (Å²) in [6.07, 6.45) is 1.61. The summed E-state index contributed by atoms with van der Waals surface area (Å²) in [6.45, 7) is 0. The molecule has 1 N–H and O–H groups in total. The Morgan fingerprint density at radius 1 is 1.29 bits per heavy atom. The summed E-state index contributed by atoms with van der Waals surface area (Å²) in [7, 11) is 1.51. The second kappa shape index (κ2) is 3.46. The number of methoxy groups -OCH3 is 1. The average Bonchev–Trinajstić information content (AvgIpc) is 2.71. The molecule has 0 spiro atoms. The minimum absolute atomic E-state index is 0.128. The van der Waals surface area contributed by atoms with E-state index in [0.29, 0.717) is 5.75 Å². The summed E-state index contributed by atoms with van der Waals surface area (Å²) in [6, 6.07) is 8.75. The van der Waals surface area contributed by atoms with Gasteiger partial charge in [0.25, 0.3) is 0 Å². The predicted octanol–water partition coefficient (Wildman–Crippen LogP) is 2.66. The number of furan rings is 1. The molecule has 0 saturated heterocycles. The molecule has 14 heavy (non-hydrogen) atoms. The Labute approximate surface area is 81.6 Å². The van der Waals surface area contributed by atoms with Gasteiger partial charge in [0, 0.05) is 5.56 Å². The van der Waals surface area contributed by atoms with E-state index in [2.05, 4.69) is 0 Å². The lowest BCUT2D eigenvalue weighted by atomic mass is 10.1. The van der Waals surface area contributed by atoms with Crippen molar-refractivity contribution in [3.8, 4) is 22.8 Å². The second-order valence-electron chi connectivity index (χ2n) is 2.86. The van der Waals surface area contributed by atoms with Gasteiger partial charge in [-0.1, -0.05) is 0 Å². The van der Waals surface area contributed by atoms with Crippen LogP contribution >= 0.6 is 0 Å². The quantitative estimate of drug-likeness (QED) is 0.791. The summed E-state index contributed by atoms with van der Waals surface area (Å²) in [4.78, 5) is 0. The summed E-state index contributed by atoms with van der Waals surface area (Å²) in [5.74, 6) is 1.32. The third kappa shape index (κ3) is 1.44. The molecular weight excluding hydrogens is 180 g/mol. The van der Waals surface area contributed by atoms with E-state index in [9.17, 15) is 5.11 Å². The topological polar surface area (TPSA) is 42.6 Å². The van der Waals surface area contributed by atoms with Crippen LogP contribution in [0, 0.1) is 0 Å². The minimum Gasteiger partial charge on any atom is -0.504 e. The van der Waals surface area contributed by atoms with Crippen molar-refractivity contribution in [1.82, 2.24) is 0 Å². The Morgan fingerprint density at radius 3 is 2.79 bits per heavy atom. The van der Waals surface area contributed by atoms with E-state index >= 15 is 0 Å². The zero-order valence-corrected chi connectivity index (χ0v) is 7.73. The molecule has 0 fully saturated rings. The van der Waals surface area contributed by atoms with Crippen LogP contribution in [0.4, 0.5) is 0 Å². The lowest BCUT2D eigenvalue weighted by molar-refractivity contribution is 0.373. The van der Waals surface area contributed by atoms with Crippen LogP contribution in [-0.4, -0.2) is 12.2 Å². The lowest BCUT2D eigenvalue weighted by Gasteiger charge is -2.04. The van der Waals surface area contributed by atoms with Crippen molar-refractivity contribution in [2.24, 2.45) is 0 Å². The number of hydrogen-bond acceptors (Lipinski definition) is 3. The van der Waals surface area contributed by atoms with E-state index in [1.807, 2.05) is 12.1 Å². The number of hydrogen-bond donors (Lipinski definition) is 1. The van der Waals surface area contributed by atoms with Crippen LogP contribution in [0.2, 0.25) is 0 Å². The van der Waals surface area contributed by atoms with Crippen LogP contribution in [0.15, 0.2) is 41.0 Å². The molecule has 0 aliphatic rings. The number of benzene rings is 1. The highest BCUT2D eigenvalue weighted by Gasteiger charge is 2.05. The molecule has 2 rings (SSSR count). The molecule has 1 heterocycles. The first-order valence-electron chi connectivity index (χ1n) is 4.22. The molecule has 0 aliphatic heterocycles. The van der Waals surface area contributed by atoms with Gasteiger partial charge in [-0.05, 0) is 30.3 Å². The number of phenolic OH excluding ortho intramolecular Hbond substituents is 1. The van der Waals surface area contributed by atoms with Gasteiger partial charge in [-0.3, -0.25) is 0 Å². The maximum absolute atomic E-state index is 9.38. The summed E-state index contributed by atoms with van der Waals surface area (Å²) in [5, 5.41) is 9.38. The van der Waals surface area contributed by atoms with Gasteiger partial charge in [0.2, 0.25) is 0 Å². The van der Waals surface area contributed by atoms with Crippen molar-refractivity contribution in [2.45, 2.75) is 0 Å². The Kier molecular flexibility index (Phi) is 2.14. The standard InChI is InChI=1S/C11H10O3/c1-13-11-7-8(4-5-9(11)12)10-3-2-6-14-10/h2-7,12H,1H3. The van der Waals surface area contributed by atoms with Crippen LogP contribution < -0.4 is 4.74 Å². The summed E-state index contributed by atoms with van der Waals surface area (Å²) < 4.78 is 10.2. The highest BCUT2D eigenvalue weighted by Crippen LogP contribution is 2.31. The Bertz CT molecular complexity index is 418. The van der Waals surface area contributed by atoms with Crippen molar-refractivity contribution in [1.29, 1.82) is 0 Å². The van der Waals surface area contributed by atoms with Gasteiger partial charge < -0.3 is 14.3 Å². The van der Waals surface area contributed by atoms with Gasteiger partial charge in [-0.2, -0.15) is 0 Å². The normalized spacial score (nSPS) is 10.1. The molecule has 3 heteroatoms. The van der Waals surface area contributed by atoms with Crippen LogP contribution in [0.3, 0.4) is 0 Å². The van der Waals surface area contributed by atoms with Gasteiger partial charge in [-0.15, -0.1) is 0 Å². The third-order valence-electron chi connectivity index (χ3n) is 1.99. The Balaban J connectivity index is 2.46. The molecule has 0 radical (unpaired) electrons. The monoisotopic (exact) mass is 190 g/mol. The molecule has 0 bridgehead atoms. The third-order valence-corrected chi connectivity index (χ3v) is 1.99. The van der Waals surface area contributed by atoms with Crippen molar-refractivity contribution in [2.75, 3.05) is 7.11 Å². The lowest BCUT2D eigenvalue weighted by Crippen LogP contribution is -1.84. The highest BCUT2D eigenvalue weighted by molar-refractivity contribution is 5.62. The van der Waals surface area contributed by atoms with Crippen LogP contribution in [0.25, 0.3) is 11.3 Å². The van der Waals surface area contributed by atoms with Gasteiger partial charge in [-0.25, -0.2) is 0 Å². The molecule has 0 unspecified atom stereocenters. The molecule has 0 aliphatic carbocycles. The zero-order chi connectivity index (χ0) is 9.97. The van der Waals surface area contributed by atoms with Gasteiger partial charge in [0.05, 0.1) is 13.4 Å². The van der Waals surface area contributed by atoms with E-state index in [4.69, 9.17) is 9.15 Å². The van der Waals surface area contributed by atoms with Crippen molar-refractivity contribution < 1.29 is 14.3 Å². The van der Waals surface area contributed by atoms with Crippen molar-refractivity contribution in [3.63, 3.8) is 0 Å². The van der Waals surface area contributed by atoms with Crippen molar-refractivity contribution in [3.05, 3.63) is 36.6 Å². The average molecular weight is 190 g/mol. The van der Waals surface area contributed by atoms with Crippen molar-refractivity contribution >= 4 is 0 Å². The molecule has 0 saturated carbocycles. The summed E-state index contributed by atoms with van der Waals surface area (Å²) >= 11 is 0.